The summed E-state index contributed by atoms with van der Waals surface area (Å²) in [5.41, 5.74) is 8.36. The highest BCUT2D eigenvalue weighted by molar-refractivity contribution is 6.24. The molecule has 0 spiro atoms. The Bertz CT molecular complexity index is 2050. The molecule has 0 bridgehead atoms. The van der Waals surface area contributed by atoms with Gasteiger partial charge in [0.1, 0.15) is 5.82 Å². The lowest BCUT2D eigenvalue weighted by molar-refractivity contribution is 0.590. The van der Waals surface area contributed by atoms with Gasteiger partial charge in [0.15, 0.2) is 0 Å². The zero-order valence-electron chi connectivity index (χ0n) is 23.6. The fraction of sp³-hybridized carbons (Fsp3) is 0.100. The lowest BCUT2D eigenvalue weighted by Crippen LogP contribution is -2.10. The van der Waals surface area contributed by atoms with Crippen LogP contribution in [0.3, 0.4) is 0 Å². The molecule has 198 valence electrons. The third-order valence-electron chi connectivity index (χ3n) is 8.30. The van der Waals surface area contributed by atoms with E-state index in [2.05, 4.69) is 130 Å². The molecule has 0 unspecified atom stereocenters. The molecule has 7 aromatic rings. The summed E-state index contributed by atoms with van der Waals surface area (Å²) in [5, 5.41) is 7.16. The van der Waals surface area contributed by atoms with Crippen LogP contribution in [0.2, 0.25) is 0 Å². The Kier molecular flexibility index (Phi) is 5.98. The molecule has 0 fully saturated rings. The van der Waals surface area contributed by atoms with Gasteiger partial charge in [-0.1, -0.05) is 136 Å². The van der Waals surface area contributed by atoms with Gasteiger partial charge in [-0.3, -0.25) is 0 Å². The van der Waals surface area contributed by atoms with E-state index in [0.29, 0.717) is 0 Å². The van der Waals surface area contributed by atoms with Crippen molar-refractivity contribution in [3.05, 3.63) is 145 Å². The smallest absolute Gasteiger partial charge is 0.123 e. The number of fused-ring (bicyclic) bond motifs is 3. The molecule has 0 aliphatic carbocycles. The highest BCUT2D eigenvalue weighted by atomic mass is 19.1. The molecule has 41 heavy (non-hydrogen) atoms. The molecule has 0 heterocycles. The van der Waals surface area contributed by atoms with Crippen LogP contribution in [0.25, 0.3) is 65.7 Å². The van der Waals surface area contributed by atoms with Crippen molar-refractivity contribution >= 4 is 32.3 Å². The maximum Gasteiger partial charge on any atom is 0.123 e. The number of rotatable bonds is 3. The van der Waals surface area contributed by atoms with Crippen molar-refractivity contribution in [1.29, 1.82) is 0 Å². The minimum absolute atomic E-state index is 0.101. The lowest BCUT2D eigenvalue weighted by atomic mass is 9.83. The Morgan fingerprint density at radius 3 is 1.71 bits per heavy atom. The van der Waals surface area contributed by atoms with Gasteiger partial charge < -0.3 is 0 Å². The highest BCUT2D eigenvalue weighted by Gasteiger charge is 2.19. The largest absolute Gasteiger partial charge is 0.207 e. The van der Waals surface area contributed by atoms with Crippen LogP contribution in [0.1, 0.15) is 26.3 Å². The molecule has 7 aromatic carbocycles. The summed E-state index contributed by atoms with van der Waals surface area (Å²) in [6, 6.07) is 46.5. The van der Waals surface area contributed by atoms with Crippen LogP contribution in [0.5, 0.6) is 0 Å². The van der Waals surface area contributed by atoms with Crippen LogP contribution >= 0.6 is 0 Å². The first kappa shape index (κ1) is 25.2. The fourth-order valence-corrected chi connectivity index (χ4v) is 6.18. The molecule has 0 radical (unpaired) electrons. The number of hydrogen-bond donors (Lipinski definition) is 0. The van der Waals surface area contributed by atoms with E-state index in [4.69, 9.17) is 0 Å². The summed E-state index contributed by atoms with van der Waals surface area (Å²) >= 11 is 0. The summed E-state index contributed by atoms with van der Waals surface area (Å²) < 4.78 is 14.1. The third kappa shape index (κ3) is 4.39. The van der Waals surface area contributed by atoms with Crippen LogP contribution in [-0.2, 0) is 5.41 Å². The second kappa shape index (κ2) is 9.71. The highest BCUT2D eigenvalue weighted by Crippen LogP contribution is 2.46. The van der Waals surface area contributed by atoms with Crippen molar-refractivity contribution in [2.45, 2.75) is 26.2 Å². The van der Waals surface area contributed by atoms with Gasteiger partial charge >= 0.3 is 0 Å². The average Bonchev–Trinajstić information content (AvgIpc) is 2.99. The molecule has 0 saturated heterocycles. The molecule has 0 aliphatic heterocycles. The van der Waals surface area contributed by atoms with Crippen LogP contribution < -0.4 is 0 Å². The van der Waals surface area contributed by atoms with E-state index in [1.807, 2.05) is 12.1 Å². The number of halogens is 1. The molecule has 0 nitrogen and oxygen atoms in total. The molecule has 0 amide bonds. The molecular formula is C40H31F. The van der Waals surface area contributed by atoms with E-state index in [1.54, 1.807) is 12.1 Å². The van der Waals surface area contributed by atoms with Crippen molar-refractivity contribution in [2.75, 3.05) is 0 Å². The van der Waals surface area contributed by atoms with Gasteiger partial charge in [-0.05, 0) is 94.9 Å². The minimum Gasteiger partial charge on any atom is -0.207 e. The van der Waals surface area contributed by atoms with Crippen molar-refractivity contribution < 1.29 is 4.39 Å². The SMILES string of the molecule is CC(C)(C)c1ccc(-c2ccc3c(-c4cccc5ccccc45)c4ccccc4c(-c4ccc(F)cc4)c3c2)cc1. The molecule has 7 rings (SSSR count). The first-order chi connectivity index (χ1) is 19.9. The van der Waals surface area contributed by atoms with Crippen LogP contribution in [0.15, 0.2) is 133 Å². The fourth-order valence-electron chi connectivity index (χ4n) is 6.18. The maximum atomic E-state index is 14.1. The second-order valence-electron chi connectivity index (χ2n) is 11.9. The van der Waals surface area contributed by atoms with Crippen molar-refractivity contribution in [3.63, 3.8) is 0 Å². The quantitative estimate of drug-likeness (QED) is 0.199. The first-order valence-corrected chi connectivity index (χ1v) is 14.2. The van der Waals surface area contributed by atoms with Gasteiger partial charge in [-0.15, -0.1) is 0 Å². The topological polar surface area (TPSA) is 0 Å². The van der Waals surface area contributed by atoms with Gasteiger partial charge in [-0.2, -0.15) is 0 Å². The Morgan fingerprint density at radius 2 is 1.00 bits per heavy atom. The predicted octanol–water partition coefficient (Wildman–Crippen LogP) is 11.6. The Labute approximate surface area is 240 Å². The van der Waals surface area contributed by atoms with E-state index in [9.17, 15) is 4.39 Å². The molecule has 1 heteroatoms. The zero-order valence-corrected chi connectivity index (χ0v) is 23.6. The van der Waals surface area contributed by atoms with Gasteiger partial charge in [0.2, 0.25) is 0 Å². The van der Waals surface area contributed by atoms with Gasteiger partial charge in [-0.25, -0.2) is 4.39 Å². The van der Waals surface area contributed by atoms with E-state index in [0.717, 1.165) is 21.9 Å². The van der Waals surface area contributed by atoms with Gasteiger partial charge in [0.25, 0.3) is 0 Å². The second-order valence-corrected chi connectivity index (χ2v) is 11.9. The molecule has 0 aromatic heterocycles. The molecule has 0 N–H and O–H groups in total. The zero-order chi connectivity index (χ0) is 28.1. The molecule has 0 saturated carbocycles. The van der Waals surface area contributed by atoms with E-state index < -0.39 is 0 Å². The first-order valence-electron chi connectivity index (χ1n) is 14.2. The minimum atomic E-state index is -0.227. The van der Waals surface area contributed by atoms with E-state index >= 15 is 0 Å². The summed E-state index contributed by atoms with van der Waals surface area (Å²) in [4.78, 5) is 0. The Balaban J connectivity index is 1.59. The van der Waals surface area contributed by atoms with Gasteiger partial charge in [0, 0.05) is 0 Å². The molecule has 0 atom stereocenters. The van der Waals surface area contributed by atoms with Crippen LogP contribution in [0, 0.1) is 5.82 Å². The lowest BCUT2D eigenvalue weighted by Gasteiger charge is -2.20. The summed E-state index contributed by atoms with van der Waals surface area (Å²) in [5.74, 6) is -0.227. The summed E-state index contributed by atoms with van der Waals surface area (Å²) in [6.45, 7) is 6.73. The van der Waals surface area contributed by atoms with Gasteiger partial charge in [0.05, 0.1) is 0 Å². The summed E-state index contributed by atoms with van der Waals surface area (Å²) in [7, 11) is 0. The number of benzene rings is 7. The Hall–Kier alpha value is -4.75. The monoisotopic (exact) mass is 530 g/mol. The Morgan fingerprint density at radius 1 is 0.439 bits per heavy atom. The summed E-state index contributed by atoms with van der Waals surface area (Å²) in [6.07, 6.45) is 0. The molecule has 0 aliphatic rings. The van der Waals surface area contributed by atoms with Crippen LogP contribution in [0.4, 0.5) is 4.39 Å². The van der Waals surface area contributed by atoms with Crippen molar-refractivity contribution in [1.82, 2.24) is 0 Å². The van der Waals surface area contributed by atoms with E-state index in [1.165, 1.54) is 49.4 Å². The van der Waals surface area contributed by atoms with Crippen LogP contribution in [-0.4, -0.2) is 0 Å². The normalized spacial score (nSPS) is 11.9. The standard InChI is InChI=1S/C40H31F/c1-40(2,3)30-20-15-26(16-21-30)29-19-24-36-37(25-29)38(28-17-22-31(41)23-18-28)34-12-6-7-13-35(34)39(36)33-14-8-10-27-9-4-5-11-32(27)33/h4-25H,1-3H3. The predicted molar refractivity (Wildman–Crippen MR) is 174 cm³/mol. The molecular weight excluding hydrogens is 499 g/mol. The van der Waals surface area contributed by atoms with Crippen molar-refractivity contribution in [2.24, 2.45) is 0 Å². The third-order valence-corrected chi connectivity index (χ3v) is 8.30. The average molecular weight is 531 g/mol. The van der Waals surface area contributed by atoms with Crippen molar-refractivity contribution in [3.8, 4) is 33.4 Å². The maximum absolute atomic E-state index is 14.1. The van der Waals surface area contributed by atoms with E-state index in [-0.39, 0.29) is 11.2 Å². The number of hydrogen-bond acceptors (Lipinski definition) is 0.